The summed E-state index contributed by atoms with van der Waals surface area (Å²) in [5.74, 6) is -3.10. The number of ether oxygens (including phenoxy) is 1. The maximum absolute atomic E-state index is 15.7. The van der Waals surface area contributed by atoms with Gasteiger partial charge in [0.25, 0.3) is 5.91 Å². The van der Waals surface area contributed by atoms with Gasteiger partial charge < -0.3 is 29.7 Å². The fourth-order valence-electron chi connectivity index (χ4n) is 8.20. The minimum atomic E-state index is -0.772. The van der Waals surface area contributed by atoms with Gasteiger partial charge in [0.15, 0.2) is 0 Å². The molecule has 4 amide bonds. The summed E-state index contributed by atoms with van der Waals surface area (Å²) in [5.41, 5.74) is 1.01. The van der Waals surface area contributed by atoms with Crippen LogP contribution < -0.4 is 20.3 Å². The number of hydrogen-bond donors (Lipinski definition) is 3. The van der Waals surface area contributed by atoms with Gasteiger partial charge in [-0.3, -0.25) is 29.2 Å². The third kappa shape index (κ3) is 11.0. The molecule has 0 aliphatic carbocycles. The number of methoxy groups -OCH3 is 1. The quantitative estimate of drug-likeness (QED) is 0.0764. The fraction of sp³-hybridized carbons (Fsp3) is 0.413. The Morgan fingerprint density at radius 2 is 1.68 bits per heavy atom. The molecule has 2 aromatic heterocycles. The molecule has 2 aliphatic rings. The van der Waals surface area contributed by atoms with Crippen LogP contribution in [-0.4, -0.2) is 102 Å². The Bertz CT molecular complexity index is 2390. The van der Waals surface area contributed by atoms with E-state index in [0.29, 0.717) is 69.5 Å². The molecule has 5 aromatic rings. The molecule has 2 aliphatic heterocycles. The first kappa shape index (κ1) is 46.1. The first-order chi connectivity index (χ1) is 30.3. The van der Waals surface area contributed by atoms with Gasteiger partial charge in [-0.25, -0.2) is 17.6 Å². The van der Waals surface area contributed by atoms with Gasteiger partial charge in [-0.15, -0.1) is 0 Å². The van der Waals surface area contributed by atoms with Gasteiger partial charge in [0.05, 0.1) is 24.0 Å². The molecule has 0 saturated carbocycles. The predicted molar refractivity (Wildman–Crippen MR) is 233 cm³/mol. The first-order valence-electron chi connectivity index (χ1n) is 21.2. The number of hydrogen-bond acceptors (Lipinski definition) is 8. The highest BCUT2D eigenvalue weighted by atomic mass is 19.1. The highest BCUT2D eigenvalue weighted by molar-refractivity contribution is 6.03. The molecule has 3 aromatic carbocycles. The monoisotopic (exact) mass is 874 g/mol. The van der Waals surface area contributed by atoms with E-state index in [2.05, 4.69) is 20.7 Å². The molecule has 2 saturated heterocycles. The van der Waals surface area contributed by atoms with Crippen LogP contribution in [0.1, 0.15) is 80.3 Å². The zero-order valence-electron chi connectivity index (χ0n) is 36.0. The number of aromatic nitrogens is 3. The van der Waals surface area contributed by atoms with Crippen LogP contribution in [0.15, 0.2) is 60.9 Å². The number of amides is 4. The average Bonchev–Trinajstić information content (AvgIpc) is 3.99. The minimum Gasteiger partial charge on any atom is -0.495 e. The molecular formula is C46H54F4N8O5. The summed E-state index contributed by atoms with van der Waals surface area (Å²) in [6.45, 7) is 5.10. The van der Waals surface area contributed by atoms with Crippen LogP contribution in [0.25, 0.3) is 22.0 Å². The SMILES string of the molecule is CCCC(Nc1cc(F)c(C2CCN(c3cc(F)c(-c4ccc(F)c5[nH]c(C(=O)N(C)C)cc45)cc3F)CC2)cc1OC)C(=O)NC=O.O=C(CCn1cccn1)N1CCCCC1. The highest BCUT2D eigenvalue weighted by Gasteiger charge is 2.28. The Kier molecular flexibility index (Phi) is 15.5. The van der Waals surface area contributed by atoms with Crippen molar-refractivity contribution in [1.82, 2.24) is 29.9 Å². The second-order valence-corrected chi connectivity index (χ2v) is 16.0. The van der Waals surface area contributed by atoms with Crippen molar-refractivity contribution >= 4 is 46.4 Å². The summed E-state index contributed by atoms with van der Waals surface area (Å²) in [7, 11) is 4.53. The van der Waals surface area contributed by atoms with Crippen LogP contribution in [0.3, 0.4) is 0 Å². The Hall–Kier alpha value is -6.39. The van der Waals surface area contributed by atoms with Gasteiger partial charge in [-0.2, -0.15) is 5.10 Å². The molecule has 1 unspecified atom stereocenters. The van der Waals surface area contributed by atoms with Gasteiger partial charge in [0, 0.05) is 88.7 Å². The van der Waals surface area contributed by atoms with E-state index in [1.165, 1.54) is 36.6 Å². The number of carbonyl (C=O) groups excluding carboxylic acids is 4. The lowest BCUT2D eigenvalue weighted by Crippen LogP contribution is -2.39. The second-order valence-electron chi connectivity index (χ2n) is 16.0. The van der Waals surface area contributed by atoms with Gasteiger partial charge >= 0.3 is 0 Å². The molecule has 3 N–H and O–H groups in total. The Morgan fingerprint density at radius 1 is 0.937 bits per heavy atom. The molecule has 4 heterocycles. The van der Waals surface area contributed by atoms with Gasteiger partial charge in [-0.05, 0) is 85.9 Å². The number of nitrogens with one attached hydrogen (secondary N) is 3. The maximum atomic E-state index is 15.7. The maximum Gasteiger partial charge on any atom is 0.269 e. The molecule has 1 atom stereocenters. The van der Waals surface area contributed by atoms with E-state index in [0.717, 1.165) is 44.1 Å². The van der Waals surface area contributed by atoms with E-state index in [9.17, 15) is 23.6 Å². The average molecular weight is 875 g/mol. The summed E-state index contributed by atoms with van der Waals surface area (Å²) < 4.78 is 68.7. The first-order valence-corrected chi connectivity index (χ1v) is 21.2. The largest absolute Gasteiger partial charge is 0.495 e. The molecule has 63 heavy (non-hydrogen) atoms. The molecular weight excluding hydrogens is 821 g/mol. The fourth-order valence-corrected chi connectivity index (χ4v) is 8.20. The smallest absolute Gasteiger partial charge is 0.269 e. The lowest BCUT2D eigenvalue weighted by atomic mass is 9.88. The molecule has 0 spiro atoms. The summed E-state index contributed by atoms with van der Waals surface area (Å²) in [6, 6.07) is 10.0. The van der Waals surface area contributed by atoms with Crippen molar-refractivity contribution in [3.8, 4) is 16.9 Å². The van der Waals surface area contributed by atoms with Crippen molar-refractivity contribution < 1.29 is 41.5 Å². The number of H-pyrrole nitrogens is 1. The summed E-state index contributed by atoms with van der Waals surface area (Å²) in [6.07, 6.45) is 10.0. The standard InChI is InChI=1S/C35H37F4N5O4.C11H17N3O/c1-5-6-28(34(46)40-18-45)41-29-16-25(37)21(15-32(29)48-4)19-9-11-44(12-10-19)31-17-26(38)22(13-27(31)39)20-7-8-24(36)33-23(20)14-30(42-33)35(47)43(2)3;15-11(13-7-2-1-3-8-13)5-10-14-9-4-6-12-14/h7-8,13-19,28,41-42H,5-6,9-12H2,1-4H3,(H,40,45,46);4,6,9H,1-3,5,7-8,10H2. The molecule has 0 bridgehead atoms. The van der Waals surface area contributed by atoms with Crippen LogP contribution in [0.5, 0.6) is 5.75 Å². The van der Waals surface area contributed by atoms with E-state index in [1.807, 2.05) is 28.8 Å². The summed E-state index contributed by atoms with van der Waals surface area (Å²) in [5, 5.41) is 9.42. The van der Waals surface area contributed by atoms with E-state index < -0.39 is 41.1 Å². The summed E-state index contributed by atoms with van der Waals surface area (Å²) in [4.78, 5) is 55.1. The Balaban J connectivity index is 0.000000369. The van der Waals surface area contributed by atoms with Gasteiger partial charge in [-0.1, -0.05) is 19.4 Å². The Morgan fingerprint density at radius 3 is 2.33 bits per heavy atom. The number of aryl methyl sites for hydroxylation is 1. The van der Waals surface area contributed by atoms with E-state index in [-0.39, 0.29) is 50.9 Å². The number of nitrogens with zero attached hydrogens (tertiary/aromatic N) is 5. The number of aromatic amines is 1. The number of benzene rings is 3. The number of piperidine rings is 2. The topological polar surface area (TPSA) is 145 Å². The molecule has 7 rings (SSSR count). The van der Waals surface area contributed by atoms with Crippen molar-refractivity contribution in [2.45, 2.75) is 76.8 Å². The number of halogens is 4. The molecule has 2 fully saturated rings. The van der Waals surface area contributed by atoms with Crippen LogP contribution in [0.4, 0.5) is 28.9 Å². The van der Waals surface area contributed by atoms with Gasteiger partial charge in [0.1, 0.15) is 40.8 Å². The third-order valence-electron chi connectivity index (χ3n) is 11.5. The summed E-state index contributed by atoms with van der Waals surface area (Å²) >= 11 is 0. The minimum absolute atomic E-state index is 0.0144. The van der Waals surface area contributed by atoms with Crippen molar-refractivity contribution in [2.24, 2.45) is 0 Å². The number of fused-ring (bicyclic) bond motifs is 1. The van der Waals surface area contributed by atoms with Crippen molar-refractivity contribution in [3.63, 3.8) is 0 Å². The molecule has 13 nitrogen and oxygen atoms in total. The number of likely N-dealkylation sites (tertiary alicyclic amines) is 1. The van der Waals surface area contributed by atoms with Crippen LogP contribution in [0, 0.1) is 23.3 Å². The van der Waals surface area contributed by atoms with Crippen molar-refractivity contribution in [3.05, 3.63) is 95.5 Å². The zero-order valence-corrected chi connectivity index (χ0v) is 36.0. The second kappa shape index (κ2) is 21.1. The number of carbonyl (C=O) groups is 4. The highest BCUT2D eigenvalue weighted by Crippen LogP contribution is 2.40. The van der Waals surface area contributed by atoms with Crippen molar-refractivity contribution in [1.29, 1.82) is 0 Å². The van der Waals surface area contributed by atoms with E-state index in [1.54, 1.807) is 31.3 Å². The zero-order chi connectivity index (χ0) is 45.2. The van der Waals surface area contributed by atoms with Crippen molar-refractivity contribution in [2.75, 3.05) is 57.6 Å². The molecule has 336 valence electrons. The number of rotatable bonds is 14. The van der Waals surface area contributed by atoms with E-state index >= 15 is 13.2 Å². The normalized spacial score (nSPS) is 14.7. The van der Waals surface area contributed by atoms with Crippen LogP contribution >= 0.6 is 0 Å². The van der Waals surface area contributed by atoms with Crippen LogP contribution in [-0.2, 0) is 20.9 Å². The Labute approximate surface area is 363 Å². The third-order valence-corrected chi connectivity index (χ3v) is 11.5. The number of anilines is 2. The number of imide groups is 1. The molecule has 17 heteroatoms. The van der Waals surface area contributed by atoms with E-state index in [4.69, 9.17) is 4.74 Å². The van der Waals surface area contributed by atoms with Gasteiger partial charge in [0.2, 0.25) is 18.2 Å². The predicted octanol–water partition coefficient (Wildman–Crippen LogP) is 7.62. The lowest BCUT2D eigenvalue weighted by molar-refractivity contribution is -0.132. The lowest BCUT2D eigenvalue weighted by Gasteiger charge is -2.34. The molecule has 0 radical (unpaired) electrons. The van der Waals surface area contributed by atoms with Crippen LogP contribution in [0.2, 0.25) is 0 Å².